The second kappa shape index (κ2) is 9.08. The number of urea groups is 1. The minimum Gasteiger partial charge on any atom is -0.341 e. The number of likely N-dealkylation sites (tertiary alicyclic amines) is 1. The lowest BCUT2D eigenvalue weighted by molar-refractivity contribution is -0.132. The van der Waals surface area contributed by atoms with Crippen molar-refractivity contribution in [2.24, 2.45) is 0 Å². The molecular weight excluding hydrogens is 432 g/mol. The van der Waals surface area contributed by atoms with Gasteiger partial charge in [-0.15, -0.1) is 0 Å². The number of fused-ring (bicyclic) bond motifs is 1. The molecule has 0 bridgehead atoms. The van der Waals surface area contributed by atoms with Gasteiger partial charge in [0.25, 0.3) is 11.8 Å². The van der Waals surface area contributed by atoms with Gasteiger partial charge in [0.2, 0.25) is 5.91 Å². The molecular formula is C26H30N4O4. The summed E-state index contributed by atoms with van der Waals surface area (Å²) in [4.78, 5) is 54.4. The Hall–Kier alpha value is -3.42. The van der Waals surface area contributed by atoms with Crippen molar-refractivity contribution in [1.29, 1.82) is 0 Å². The first-order valence-corrected chi connectivity index (χ1v) is 12.3. The number of rotatable bonds is 5. The highest BCUT2D eigenvalue weighted by Crippen LogP contribution is 2.30. The minimum atomic E-state index is -0.676. The number of benzene rings is 1. The van der Waals surface area contributed by atoms with Crippen LogP contribution < -0.4 is 5.32 Å². The van der Waals surface area contributed by atoms with Gasteiger partial charge in [-0.05, 0) is 43.7 Å². The number of nitrogens with zero attached hydrogens (tertiary/aromatic N) is 3. The highest BCUT2D eigenvalue weighted by atomic mass is 16.2. The number of imide groups is 2. The summed E-state index contributed by atoms with van der Waals surface area (Å²) in [5.41, 5.74) is 2.69. The summed E-state index contributed by atoms with van der Waals surface area (Å²) in [5.74, 6) is -1.14. The van der Waals surface area contributed by atoms with Crippen LogP contribution in [0.2, 0.25) is 0 Å². The lowest BCUT2D eigenvalue weighted by Gasteiger charge is -2.31. The van der Waals surface area contributed by atoms with Gasteiger partial charge in [-0.25, -0.2) is 4.79 Å². The molecule has 8 nitrogen and oxygen atoms in total. The largest absolute Gasteiger partial charge is 0.341 e. The Morgan fingerprint density at radius 3 is 2.53 bits per heavy atom. The Morgan fingerprint density at radius 2 is 1.82 bits per heavy atom. The predicted molar refractivity (Wildman–Crippen MR) is 128 cm³/mol. The molecule has 2 aliphatic heterocycles. The van der Waals surface area contributed by atoms with Crippen molar-refractivity contribution in [1.82, 2.24) is 19.7 Å². The van der Waals surface area contributed by atoms with E-state index < -0.39 is 17.8 Å². The maximum atomic E-state index is 13.3. The zero-order chi connectivity index (χ0) is 23.8. The van der Waals surface area contributed by atoms with E-state index in [0.29, 0.717) is 5.56 Å². The van der Waals surface area contributed by atoms with Crippen LogP contribution in [0.3, 0.4) is 0 Å². The molecule has 0 radical (unpaired) electrons. The monoisotopic (exact) mass is 462 g/mol. The second-order valence-electron chi connectivity index (χ2n) is 9.40. The lowest BCUT2D eigenvalue weighted by atomic mass is 10.0. The van der Waals surface area contributed by atoms with Gasteiger partial charge in [0.15, 0.2) is 0 Å². The molecule has 1 aliphatic carbocycles. The van der Waals surface area contributed by atoms with E-state index in [2.05, 4.69) is 12.2 Å². The van der Waals surface area contributed by atoms with Crippen LogP contribution in [-0.4, -0.2) is 57.3 Å². The zero-order valence-corrected chi connectivity index (χ0v) is 19.5. The molecule has 0 spiro atoms. The van der Waals surface area contributed by atoms with E-state index >= 15 is 0 Å². The van der Waals surface area contributed by atoms with Gasteiger partial charge in [-0.1, -0.05) is 38.0 Å². The van der Waals surface area contributed by atoms with Gasteiger partial charge >= 0.3 is 6.03 Å². The maximum Gasteiger partial charge on any atom is 0.331 e. The van der Waals surface area contributed by atoms with Crippen LogP contribution in [0.25, 0.3) is 17.0 Å². The molecule has 0 unspecified atom stereocenters. The van der Waals surface area contributed by atoms with Gasteiger partial charge in [0.1, 0.15) is 12.1 Å². The Labute approximate surface area is 198 Å². The van der Waals surface area contributed by atoms with E-state index in [1.807, 2.05) is 33.9 Å². The van der Waals surface area contributed by atoms with Crippen LogP contribution in [0.15, 0.2) is 30.0 Å². The topological polar surface area (TPSA) is 91.7 Å². The summed E-state index contributed by atoms with van der Waals surface area (Å²) in [7, 11) is 0. The van der Waals surface area contributed by atoms with Gasteiger partial charge in [-0.3, -0.25) is 24.6 Å². The molecule has 34 heavy (non-hydrogen) atoms. The molecule has 0 atom stereocenters. The van der Waals surface area contributed by atoms with Crippen LogP contribution in [0.1, 0.15) is 56.6 Å². The Kier molecular flexibility index (Phi) is 5.98. The highest BCUT2D eigenvalue weighted by Gasteiger charge is 2.40. The third-order valence-electron chi connectivity index (χ3n) is 7.28. The van der Waals surface area contributed by atoms with E-state index in [9.17, 15) is 19.2 Å². The number of carbonyl (C=O) groups is 4. The van der Waals surface area contributed by atoms with Crippen molar-refractivity contribution in [2.45, 2.75) is 64.5 Å². The van der Waals surface area contributed by atoms with Crippen molar-refractivity contribution in [2.75, 3.05) is 13.1 Å². The summed E-state index contributed by atoms with van der Waals surface area (Å²) >= 11 is 0. The van der Waals surface area contributed by atoms with Gasteiger partial charge in [-0.2, -0.15) is 0 Å². The van der Waals surface area contributed by atoms with Crippen molar-refractivity contribution in [3.8, 4) is 0 Å². The SMILES string of the molecule is CCc1cccc2c(/C=C3/C(=O)NC(=O)N(C4CCCC4)C3=O)cn(CC(=O)N3CCCC3)c12. The van der Waals surface area contributed by atoms with E-state index in [-0.39, 0.29) is 24.1 Å². The molecule has 1 aromatic heterocycles. The molecule has 2 saturated heterocycles. The van der Waals surface area contributed by atoms with Gasteiger partial charge < -0.3 is 9.47 Å². The van der Waals surface area contributed by atoms with Crippen LogP contribution in [0.4, 0.5) is 4.79 Å². The van der Waals surface area contributed by atoms with E-state index in [1.165, 1.54) is 4.90 Å². The predicted octanol–water partition coefficient (Wildman–Crippen LogP) is 3.23. The average molecular weight is 463 g/mol. The number of nitrogens with one attached hydrogen (secondary N) is 1. The number of carbonyl (C=O) groups excluding carboxylic acids is 4. The third-order valence-corrected chi connectivity index (χ3v) is 7.28. The number of hydrogen-bond donors (Lipinski definition) is 1. The molecule has 3 heterocycles. The number of aromatic nitrogens is 1. The summed E-state index contributed by atoms with van der Waals surface area (Å²) in [6.45, 7) is 3.85. The molecule has 8 heteroatoms. The number of barbiturate groups is 1. The van der Waals surface area contributed by atoms with Crippen LogP contribution in [0, 0.1) is 0 Å². The molecule has 3 fully saturated rings. The number of amides is 5. The van der Waals surface area contributed by atoms with Crippen molar-refractivity contribution >= 4 is 40.7 Å². The standard InChI is InChI=1S/C26H30N4O4/c1-2-17-8-7-11-20-18(15-29(23(17)20)16-22(31)28-12-5-6-13-28)14-21-24(32)27-26(34)30(25(21)33)19-9-3-4-10-19/h7-8,11,14-15,19H,2-6,9-10,12-13,16H2,1H3,(H,27,32,34)/b21-14-. The molecule has 1 aromatic carbocycles. The quantitative estimate of drug-likeness (QED) is 0.546. The Balaban J connectivity index is 1.55. The van der Waals surface area contributed by atoms with Crippen LogP contribution >= 0.6 is 0 Å². The smallest absolute Gasteiger partial charge is 0.331 e. The number of aryl methyl sites for hydroxylation is 1. The summed E-state index contributed by atoms with van der Waals surface area (Å²) in [5, 5.41) is 3.23. The second-order valence-corrected chi connectivity index (χ2v) is 9.40. The number of para-hydroxylation sites is 1. The van der Waals surface area contributed by atoms with E-state index in [4.69, 9.17) is 0 Å². The van der Waals surface area contributed by atoms with Crippen LogP contribution in [0.5, 0.6) is 0 Å². The molecule has 1 N–H and O–H groups in total. The van der Waals surface area contributed by atoms with E-state index in [1.54, 1.807) is 6.08 Å². The molecule has 1 saturated carbocycles. The van der Waals surface area contributed by atoms with Crippen molar-refractivity contribution in [3.05, 3.63) is 41.1 Å². The van der Waals surface area contributed by atoms with E-state index in [0.717, 1.165) is 74.5 Å². The molecule has 2 aromatic rings. The molecule has 3 aliphatic rings. The van der Waals surface area contributed by atoms with Crippen molar-refractivity contribution in [3.63, 3.8) is 0 Å². The van der Waals surface area contributed by atoms with Crippen molar-refractivity contribution < 1.29 is 19.2 Å². The normalized spacial score (nSPS) is 20.7. The highest BCUT2D eigenvalue weighted by molar-refractivity contribution is 6.31. The Bertz CT molecular complexity index is 1200. The molecule has 5 amide bonds. The average Bonchev–Trinajstić information content (AvgIpc) is 3.59. The fourth-order valence-corrected chi connectivity index (χ4v) is 5.52. The lowest BCUT2D eigenvalue weighted by Crippen LogP contribution is -2.57. The van der Waals surface area contributed by atoms with Gasteiger partial charge in [0.05, 0.1) is 5.52 Å². The van der Waals surface area contributed by atoms with Crippen LogP contribution in [-0.2, 0) is 27.3 Å². The minimum absolute atomic E-state index is 0.0432. The number of hydrogen-bond acceptors (Lipinski definition) is 4. The zero-order valence-electron chi connectivity index (χ0n) is 19.5. The maximum absolute atomic E-state index is 13.3. The Morgan fingerprint density at radius 1 is 1.09 bits per heavy atom. The van der Waals surface area contributed by atoms with Gasteiger partial charge in [0, 0.05) is 36.3 Å². The summed E-state index contributed by atoms with van der Waals surface area (Å²) in [6, 6.07) is 5.13. The molecule has 5 rings (SSSR count). The first-order chi connectivity index (χ1) is 16.5. The molecule has 178 valence electrons. The first kappa shape index (κ1) is 22.4. The third kappa shape index (κ3) is 3.91. The fraction of sp³-hybridized carbons (Fsp3) is 0.462. The summed E-state index contributed by atoms with van der Waals surface area (Å²) in [6.07, 6.45) is 9.73. The summed E-state index contributed by atoms with van der Waals surface area (Å²) < 4.78 is 1.94. The fourth-order valence-electron chi connectivity index (χ4n) is 5.52. The first-order valence-electron chi connectivity index (χ1n) is 12.3.